The van der Waals surface area contributed by atoms with E-state index in [1.807, 2.05) is 18.2 Å². The Morgan fingerprint density at radius 1 is 0.630 bits per heavy atom. The van der Waals surface area contributed by atoms with Crippen molar-refractivity contribution in [1.82, 2.24) is 0 Å². The summed E-state index contributed by atoms with van der Waals surface area (Å²) >= 11 is 4.09. The van der Waals surface area contributed by atoms with Crippen molar-refractivity contribution < 1.29 is 15.1 Å². The Hall–Kier alpha value is -2.91. The largest absolute Gasteiger partial charge is 0.631 e. The molecule has 0 aromatic heterocycles. The molecule has 27 heavy (non-hydrogen) atoms. The summed E-state index contributed by atoms with van der Waals surface area (Å²) in [5, 5.41) is 21.5. The van der Waals surface area contributed by atoms with Crippen molar-refractivity contribution in [2.75, 3.05) is 4.90 Å². The van der Waals surface area contributed by atoms with E-state index >= 15 is 0 Å². The van der Waals surface area contributed by atoms with Gasteiger partial charge in [0.2, 0.25) is 0 Å². The average molecular weight is 383 g/mol. The molecule has 8 heteroatoms. The van der Waals surface area contributed by atoms with Crippen LogP contribution in [0.25, 0.3) is 0 Å². The van der Waals surface area contributed by atoms with Crippen molar-refractivity contribution in [3.05, 3.63) is 91.0 Å². The minimum absolute atomic E-state index is 0.000000000000000222. The van der Waals surface area contributed by atoms with Gasteiger partial charge in [0.1, 0.15) is 0 Å². The fourth-order valence-corrected chi connectivity index (χ4v) is 2.18. The number of nitrogens with two attached hydrogens (primary N) is 2. The summed E-state index contributed by atoms with van der Waals surface area (Å²) in [4.78, 5) is 2.25. The lowest BCUT2D eigenvalue weighted by Gasteiger charge is -2.25. The van der Waals surface area contributed by atoms with Gasteiger partial charge < -0.3 is 31.4 Å². The van der Waals surface area contributed by atoms with Crippen LogP contribution in [0, 0.1) is 0 Å². The number of para-hydroxylation sites is 3. The van der Waals surface area contributed by atoms with Crippen LogP contribution in [0.1, 0.15) is 0 Å². The highest BCUT2D eigenvalue weighted by Gasteiger charge is 2.10. The number of benzene rings is 3. The van der Waals surface area contributed by atoms with E-state index in [0.29, 0.717) is 0 Å². The van der Waals surface area contributed by atoms with E-state index in [4.69, 9.17) is 15.1 Å². The zero-order chi connectivity index (χ0) is 20.1. The molecule has 0 aliphatic rings. The van der Waals surface area contributed by atoms with Crippen LogP contribution in [0.5, 0.6) is 0 Å². The monoisotopic (exact) mass is 383 g/mol. The van der Waals surface area contributed by atoms with Crippen molar-refractivity contribution in [2.24, 2.45) is 11.5 Å². The van der Waals surface area contributed by atoms with Crippen LogP contribution in [-0.2, 0) is 0 Å². The molecule has 0 spiro atoms. The number of hydrogen-bond acceptors (Lipinski definition) is 5. The molecule has 3 rings (SSSR count). The first-order chi connectivity index (χ1) is 12.9. The number of hydrogen-bond donors (Lipinski definition) is 5. The highest BCUT2D eigenvalue weighted by Crippen LogP contribution is 2.33. The van der Waals surface area contributed by atoms with Crippen LogP contribution in [0.4, 0.5) is 17.1 Å². The first kappa shape index (κ1) is 22.1. The first-order valence-electron chi connectivity index (χ1n) is 7.96. The fourth-order valence-electron chi connectivity index (χ4n) is 2.18. The zero-order valence-corrected chi connectivity index (χ0v) is 15.4. The minimum atomic E-state index is -2.17. The van der Waals surface area contributed by atoms with E-state index in [0.717, 1.165) is 0 Å². The van der Waals surface area contributed by atoms with Crippen molar-refractivity contribution in [3.63, 3.8) is 0 Å². The van der Waals surface area contributed by atoms with Gasteiger partial charge in [-0.1, -0.05) is 54.6 Å². The highest BCUT2D eigenvalue weighted by molar-refractivity contribution is 7.80. The Balaban J connectivity index is 0.000000390. The molecule has 0 saturated carbocycles. The van der Waals surface area contributed by atoms with Crippen LogP contribution >= 0.6 is 12.2 Å². The van der Waals surface area contributed by atoms with Gasteiger partial charge in [0.15, 0.2) is 5.11 Å². The molecule has 7 N–H and O–H groups in total. The molecule has 6 nitrogen and oxygen atoms in total. The molecule has 0 bridgehead atoms. The summed E-state index contributed by atoms with van der Waals surface area (Å²) in [6.07, 6.45) is 0. The molecule has 3 aromatic rings. The van der Waals surface area contributed by atoms with Crippen molar-refractivity contribution in [2.45, 2.75) is 0 Å². The van der Waals surface area contributed by atoms with Crippen molar-refractivity contribution in [3.8, 4) is 0 Å². The first-order valence-corrected chi connectivity index (χ1v) is 8.37. The highest BCUT2D eigenvalue weighted by atomic mass is 32.1. The maximum absolute atomic E-state index is 7.17. The molecular formula is C19H22BN3O3S. The van der Waals surface area contributed by atoms with E-state index in [1.54, 1.807) is 0 Å². The second-order valence-corrected chi connectivity index (χ2v) is 5.56. The molecule has 0 fully saturated rings. The lowest BCUT2D eigenvalue weighted by atomic mass is 10.2. The molecular weight excluding hydrogens is 361 g/mol. The fraction of sp³-hybridized carbons (Fsp3) is 0. The van der Waals surface area contributed by atoms with Crippen LogP contribution < -0.4 is 16.4 Å². The van der Waals surface area contributed by atoms with E-state index in [9.17, 15) is 0 Å². The summed E-state index contributed by atoms with van der Waals surface area (Å²) in [6, 6.07) is 31.3. The van der Waals surface area contributed by atoms with Gasteiger partial charge in [-0.25, -0.2) is 0 Å². The van der Waals surface area contributed by atoms with Crippen LogP contribution in [0.2, 0.25) is 0 Å². The second-order valence-electron chi connectivity index (χ2n) is 5.09. The summed E-state index contributed by atoms with van der Waals surface area (Å²) in [6.45, 7) is 0. The van der Waals surface area contributed by atoms with E-state index < -0.39 is 7.32 Å². The summed E-state index contributed by atoms with van der Waals surface area (Å²) in [5.74, 6) is 0. The summed E-state index contributed by atoms with van der Waals surface area (Å²) in [7, 11) is -2.17. The van der Waals surface area contributed by atoms with Gasteiger partial charge in [0.05, 0.1) is 0 Å². The van der Waals surface area contributed by atoms with E-state index in [2.05, 4.69) is 101 Å². The van der Waals surface area contributed by atoms with Crippen LogP contribution in [0.3, 0.4) is 0 Å². The molecule has 3 aromatic carbocycles. The Morgan fingerprint density at radius 3 is 1.00 bits per heavy atom. The molecule has 0 radical (unpaired) electrons. The Labute approximate surface area is 164 Å². The van der Waals surface area contributed by atoms with Crippen molar-refractivity contribution in [1.29, 1.82) is 0 Å². The smallest absolute Gasteiger partial charge is 0.402 e. The molecule has 0 atom stereocenters. The number of anilines is 3. The molecule has 0 amide bonds. The van der Waals surface area contributed by atoms with Crippen molar-refractivity contribution >= 4 is 41.7 Å². The maximum atomic E-state index is 7.17. The standard InChI is InChI=1S/C18H15N.CH4N2S.BH3O3/c1-4-10-16(11-5-1)19(17-12-6-2-7-13-17)18-14-8-3-9-15-18;2*2-1(3)4/h1-15H;(H4,2,3,4);2-4H. The SMILES string of the molecule is NC(N)=S.OB(O)O.c1ccc(N(c2ccccc2)c2ccccc2)cc1. The molecule has 0 unspecified atom stereocenters. The molecule has 0 heterocycles. The lowest BCUT2D eigenvalue weighted by molar-refractivity contribution is 0.278. The predicted molar refractivity (Wildman–Crippen MR) is 115 cm³/mol. The third-order valence-corrected chi connectivity index (χ3v) is 3.04. The zero-order valence-electron chi connectivity index (χ0n) is 14.6. The third-order valence-electron chi connectivity index (χ3n) is 3.04. The maximum Gasteiger partial charge on any atom is 0.631 e. The number of nitrogens with zero attached hydrogens (tertiary/aromatic N) is 1. The van der Waals surface area contributed by atoms with Gasteiger partial charge in [-0.15, -0.1) is 0 Å². The van der Waals surface area contributed by atoms with E-state index in [1.165, 1.54) is 17.1 Å². The Bertz CT molecular complexity index is 677. The van der Waals surface area contributed by atoms with Crippen LogP contribution in [-0.4, -0.2) is 27.5 Å². The van der Waals surface area contributed by atoms with Gasteiger partial charge in [-0.3, -0.25) is 0 Å². The number of thiocarbonyl (C=S) groups is 1. The summed E-state index contributed by atoms with van der Waals surface area (Å²) < 4.78 is 0. The second kappa shape index (κ2) is 12.4. The topological polar surface area (TPSA) is 116 Å². The molecule has 140 valence electrons. The Morgan fingerprint density at radius 2 is 0.815 bits per heavy atom. The molecule has 0 aliphatic carbocycles. The minimum Gasteiger partial charge on any atom is -0.402 e. The van der Waals surface area contributed by atoms with Gasteiger partial charge in [-0.2, -0.15) is 0 Å². The normalized spacial score (nSPS) is 9.00. The average Bonchev–Trinajstić information content (AvgIpc) is 2.64. The number of rotatable bonds is 3. The van der Waals surface area contributed by atoms with Gasteiger partial charge in [0, 0.05) is 17.1 Å². The Kier molecular flexibility index (Phi) is 10.2. The third kappa shape index (κ3) is 9.38. The molecule has 0 aliphatic heterocycles. The quantitative estimate of drug-likeness (QED) is 0.348. The van der Waals surface area contributed by atoms with Gasteiger partial charge in [0.25, 0.3) is 0 Å². The summed E-state index contributed by atoms with van der Waals surface area (Å²) in [5.41, 5.74) is 12.7. The predicted octanol–water partition coefficient (Wildman–Crippen LogP) is 2.29. The molecule has 0 saturated heterocycles. The van der Waals surface area contributed by atoms with Gasteiger partial charge >= 0.3 is 7.32 Å². The lowest BCUT2D eigenvalue weighted by Crippen LogP contribution is -2.18. The van der Waals surface area contributed by atoms with Crippen LogP contribution in [0.15, 0.2) is 91.0 Å². The van der Waals surface area contributed by atoms with E-state index in [-0.39, 0.29) is 5.11 Å². The van der Waals surface area contributed by atoms with Gasteiger partial charge in [-0.05, 0) is 48.6 Å².